The first kappa shape index (κ1) is 26.1. The molecule has 33 heavy (non-hydrogen) atoms. The Hall–Kier alpha value is -3.19. The summed E-state index contributed by atoms with van der Waals surface area (Å²) in [5, 5.41) is 4.32. The van der Waals surface area contributed by atoms with Crippen molar-refractivity contribution in [3.63, 3.8) is 0 Å². The predicted molar refractivity (Wildman–Crippen MR) is 103 cm³/mol. The van der Waals surface area contributed by atoms with Crippen LogP contribution in [0.2, 0.25) is 10.0 Å². The molecular formula is C18H11Cl2F6N3O4. The summed E-state index contributed by atoms with van der Waals surface area (Å²) in [5.41, 5.74) is 2.25. The fourth-order valence-electron chi connectivity index (χ4n) is 2.17. The van der Waals surface area contributed by atoms with Crippen molar-refractivity contribution in [1.82, 2.24) is 5.32 Å². The zero-order chi connectivity index (χ0) is 25.0. The summed E-state index contributed by atoms with van der Waals surface area (Å²) < 4.78 is 81.2. The highest BCUT2D eigenvalue weighted by Gasteiger charge is 2.32. The fraction of sp³-hybridized carbons (Fsp3) is 0.167. The monoisotopic (exact) mass is 517 g/mol. The third-order valence-corrected chi connectivity index (χ3v) is 4.40. The zero-order valence-electron chi connectivity index (χ0n) is 15.9. The third-order valence-electron chi connectivity index (χ3n) is 3.70. The molecular weight excluding hydrogens is 507 g/mol. The lowest BCUT2D eigenvalue weighted by molar-refractivity contribution is -0.138. The molecule has 0 saturated heterocycles. The zero-order valence-corrected chi connectivity index (χ0v) is 17.4. The number of nitrogens with one attached hydrogen (secondary N) is 1. The highest BCUT2D eigenvalue weighted by Crippen LogP contribution is 2.33. The molecule has 2 aromatic rings. The Morgan fingerprint density at radius 3 is 2.06 bits per heavy atom. The minimum absolute atomic E-state index is 0.107. The van der Waals surface area contributed by atoms with Crippen molar-refractivity contribution in [1.29, 1.82) is 0 Å². The number of alkyl carbamates (subject to hydrolysis) is 1. The van der Waals surface area contributed by atoms with Gasteiger partial charge in [-0.3, -0.25) is 5.32 Å². The van der Waals surface area contributed by atoms with Crippen molar-refractivity contribution >= 4 is 41.2 Å². The highest BCUT2D eigenvalue weighted by atomic mass is 35.5. The van der Waals surface area contributed by atoms with Crippen LogP contribution in [-0.4, -0.2) is 18.0 Å². The number of benzene rings is 2. The number of hydrogen-bond acceptors (Lipinski definition) is 5. The molecule has 2 rings (SSSR count). The third kappa shape index (κ3) is 7.43. The molecule has 0 heterocycles. The van der Waals surface area contributed by atoms with Gasteiger partial charge in [0.15, 0.2) is 0 Å². The first-order valence-corrected chi connectivity index (χ1v) is 9.15. The molecule has 178 valence electrons. The van der Waals surface area contributed by atoms with Gasteiger partial charge in [0.05, 0.1) is 21.7 Å². The van der Waals surface area contributed by atoms with Crippen molar-refractivity contribution in [2.45, 2.75) is 19.0 Å². The van der Waals surface area contributed by atoms with E-state index in [0.717, 1.165) is 18.2 Å². The Balaban J connectivity index is 1.98. The number of carbonyl (C=O) groups excluding carboxylic acids is 2. The Morgan fingerprint density at radius 2 is 1.48 bits per heavy atom. The van der Waals surface area contributed by atoms with Crippen molar-refractivity contribution in [3.8, 4) is 0 Å². The maximum atomic E-state index is 12.8. The molecule has 0 aliphatic heterocycles. The maximum absolute atomic E-state index is 12.8. The van der Waals surface area contributed by atoms with Crippen LogP contribution in [0.1, 0.15) is 27.0 Å². The Bertz CT molecular complexity index is 1090. The quantitative estimate of drug-likeness (QED) is 0.187. The Labute approximate surface area is 191 Å². The van der Waals surface area contributed by atoms with Gasteiger partial charge in [0.2, 0.25) is 5.96 Å². The van der Waals surface area contributed by atoms with Gasteiger partial charge in [0, 0.05) is 10.6 Å². The van der Waals surface area contributed by atoms with E-state index >= 15 is 0 Å². The van der Waals surface area contributed by atoms with Crippen LogP contribution in [-0.2, 0) is 28.5 Å². The molecule has 3 N–H and O–H groups in total. The molecule has 0 fully saturated rings. The van der Waals surface area contributed by atoms with Crippen LogP contribution in [0.15, 0.2) is 41.6 Å². The van der Waals surface area contributed by atoms with E-state index in [1.165, 1.54) is 0 Å². The number of amides is 1. The van der Waals surface area contributed by atoms with Crippen molar-refractivity contribution < 1.29 is 45.5 Å². The van der Waals surface area contributed by atoms with E-state index < -0.39 is 53.7 Å². The smallest absolute Gasteiger partial charge is 0.416 e. The minimum atomic E-state index is -4.75. The van der Waals surface area contributed by atoms with Gasteiger partial charge in [-0.05, 0) is 41.6 Å². The van der Waals surface area contributed by atoms with Crippen LogP contribution >= 0.6 is 23.2 Å². The number of ether oxygens (including phenoxy) is 1. The highest BCUT2D eigenvalue weighted by molar-refractivity contribution is 6.33. The molecule has 0 bridgehead atoms. The fourth-order valence-corrected chi connectivity index (χ4v) is 2.53. The molecule has 0 aromatic heterocycles. The summed E-state index contributed by atoms with van der Waals surface area (Å²) in [6.07, 6.45) is -10.7. The lowest BCUT2D eigenvalue weighted by Gasteiger charge is -2.11. The molecule has 7 nitrogen and oxygen atoms in total. The number of nitrogens with zero attached hydrogens (tertiary/aromatic N) is 1. The van der Waals surface area contributed by atoms with E-state index in [2.05, 4.69) is 14.7 Å². The van der Waals surface area contributed by atoms with Crippen LogP contribution in [0.4, 0.5) is 31.1 Å². The van der Waals surface area contributed by atoms with Crippen molar-refractivity contribution in [2.75, 3.05) is 0 Å². The van der Waals surface area contributed by atoms with Gasteiger partial charge in [-0.2, -0.15) is 26.3 Å². The largest absolute Gasteiger partial charge is 0.444 e. The van der Waals surface area contributed by atoms with Crippen LogP contribution < -0.4 is 11.1 Å². The van der Waals surface area contributed by atoms with E-state index in [-0.39, 0.29) is 15.6 Å². The number of carbonyl (C=O) groups is 2. The normalized spacial score (nSPS) is 12.3. The molecule has 15 heteroatoms. The van der Waals surface area contributed by atoms with Crippen LogP contribution in [0.3, 0.4) is 0 Å². The molecule has 0 radical (unpaired) electrons. The Morgan fingerprint density at radius 1 is 0.939 bits per heavy atom. The number of oxime groups is 1. The minimum Gasteiger partial charge on any atom is -0.444 e. The number of hydrogen-bond donors (Lipinski definition) is 2. The van der Waals surface area contributed by atoms with E-state index in [9.17, 15) is 35.9 Å². The van der Waals surface area contributed by atoms with Gasteiger partial charge in [-0.1, -0.05) is 23.2 Å². The summed E-state index contributed by atoms with van der Waals surface area (Å²) >= 11 is 11.4. The molecule has 0 saturated carbocycles. The summed E-state index contributed by atoms with van der Waals surface area (Å²) in [7, 11) is 0. The van der Waals surface area contributed by atoms with Gasteiger partial charge in [0.1, 0.15) is 6.61 Å². The summed E-state index contributed by atoms with van der Waals surface area (Å²) in [5.74, 6) is -2.27. The summed E-state index contributed by atoms with van der Waals surface area (Å²) in [6.45, 7) is -0.679. The maximum Gasteiger partial charge on any atom is 0.416 e. The second-order valence-corrected chi connectivity index (χ2v) is 6.87. The van der Waals surface area contributed by atoms with Crippen molar-refractivity contribution in [3.05, 3.63) is 68.7 Å². The van der Waals surface area contributed by atoms with Gasteiger partial charge in [0.25, 0.3) is 0 Å². The molecule has 0 aliphatic carbocycles. The summed E-state index contributed by atoms with van der Waals surface area (Å²) in [4.78, 5) is 27.9. The average molecular weight is 518 g/mol. The first-order chi connectivity index (χ1) is 15.2. The van der Waals surface area contributed by atoms with Gasteiger partial charge >= 0.3 is 24.4 Å². The molecule has 0 aliphatic rings. The van der Waals surface area contributed by atoms with Crippen molar-refractivity contribution in [2.24, 2.45) is 10.9 Å². The van der Waals surface area contributed by atoms with E-state index in [4.69, 9.17) is 28.9 Å². The second kappa shape index (κ2) is 10.2. The second-order valence-electron chi connectivity index (χ2n) is 6.05. The topological polar surface area (TPSA) is 103 Å². The predicted octanol–water partition coefficient (Wildman–Crippen LogP) is 5.34. The van der Waals surface area contributed by atoms with Gasteiger partial charge in [-0.25, -0.2) is 9.59 Å². The first-order valence-electron chi connectivity index (χ1n) is 8.39. The van der Waals surface area contributed by atoms with Crippen LogP contribution in [0.5, 0.6) is 0 Å². The molecule has 0 atom stereocenters. The number of rotatable bonds is 4. The molecule has 2 aromatic carbocycles. The molecule has 1 amide bonds. The van der Waals surface area contributed by atoms with Gasteiger partial charge in [-0.15, -0.1) is 0 Å². The number of guanidine groups is 1. The van der Waals surface area contributed by atoms with E-state index in [0.29, 0.717) is 18.2 Å². The summed E-state index contributed by atoms with van der Waals surface area (Å²) in [6, 6.07) is 4.27. The lowest BCUT2D eigenvalue weighted by Crippen LogP contribution is -2.37. The Kier molecular flexibility index (Phi) is 8.03. The SMILES string of the molecule is NC(=NOC(=O)c1cc(C(F)(F)F)ccc1Cl)NC(=O)OCc1cc(C(F)(F)F)ccc1Cl. The molecule has 0 spiro atoms. The van der Waals surface area contributed by atoms with E-state index in [1.54, 1.807) is 5.32 Å². The lowest BCUT2D eigenvalue weighted by atomic mass is 10.1. The van der Waals surface area contributed by atoms with Crippen LogP contribution in [0, 0.1) is 0 Å². The van der Waals surface area contributed by atoms with Crippen LogP contribution in [0.25, 0.3) is 0 Å². The average Bonchev–Trinajstić information content (AvgIpc) is 2.70. The number of halogens is 8. The number of alkyl halides is 6. The van der Waals surface area contributed by atoms with E-state index in [1.807, 2.05) is 0 Å². The molecule has 0 unspecified atom stereocenters. The van der Waals surface area contributed by atoms with Gasteiger partial charge < -0.3 is 15.3 Å². The standard InChI is InChI=1S/C18H11Cl2F6N3O4/c19-12-3-1-9(17(21,22)23)5-8(12)7-32-16(31)28-15(27)29-33-14(30)11-6-10(18(24,25)26)2-4-13(11)20/h1-6H,7H2,(H3,27,28,29,31). The number of nitrogens with two attached hydrogens (primary N) is 1.